The van der Waals surface area contributed by atoms with E-state index in [1.54, 1.807) is 0 Å². The summed E-state index contributed by atoms with van der Waals surface area (Å²) in [4.78, 5) is 11.0. The maximum atomic E-state index is 11.0. The normalized spacial score (nSPS) is 29.0. The molecule has 2 nitrogen and oxygen atoms in total. The number of unbranched alkanes of at least 4 members (excludes halogenated alkanes) is 2. The Hall–Kier alpha value is -0.530. The van der Waals surface area contributed by atoms with Gasteiger partial charge in [-0.3, -0.25) is 4.79 Å². The topological polar surface area (TPSA) is 29.1 Å². The Morgan fingerprint density at radius 3 is 2.75 bits per heavy atom. The van der Waals surface area contributed by atoms with Crippen LogP contribution in [-0.4, -0.2) is 11.9 Å². The van der Waals surface area contributed by atoms with E-state index in [-0.39, 0.29) is 5.91 Å². The number of rotatable bonds is 4. The van der Waals surface area contributed by atoms with Gasteiger partial charge in [-0.15, -0.1) is 0 Å². The number of amides is 1. The predicted octanol–water partition coefficient (Wildman–Crippen LogP) is 2.09. The fourth-order valence-electron chi connectivity index (χ4n) is 1.81. The average molecular weight is 169 g/mol. The first-order valence-corrected chi connectivity index (χ1v) is 5.03. The molecule has 2 atom stereocenters. The fraction of sp³-hybridized carbons (Fsp3) is 0.900. The Bertz CT molecular complexity index is 156. The summed E-state index contributed by atoms with van der Waals surface area (Å²) in [5.41, 5.74) is 0. The van der Waals surface area contributed by atoms with Crippen molar-refractivity contribution in [3.8, 4) is 0 Å². The van der Waals surface area contributed by atoms with Gasteiger partial charge in [-0.2, -0.15) is 0 Å². The van der Waals surface area contributed by atoms with Crippen molar-refractivity contribution in [2.75, 3.05) is 0 Å². The second kappa shape index (κ2) is 4.48. The van der Waals surface area contributed by atoms with E-state index >= 15 is 0 Å². The Labute approximate surface area is 74.7 Å². The molecule has 0 bridgehead atoms. The van der Waals surface area contributed by atoms with Crippen LogP contribution in [0.15, 0.2) is 0 Å². The molecule has 1 saturated heterocycles. The van der Waals surface area contributed by atoms with E-state index < -0.39 is 0 Å². The molecule has 0 spiro atoms. The lowest BCUT2D eigenvalue weighted by Crippen LogP contribution is -2.27. The molecule has 0 aliphatic carbocycles. The summed E-state index contributed by atoms with van der Waals surface area (Å²) in [5.74, 6) is 0.790. The van der Waals surface area contributed by atoms with Crippen molar-refractivity contribution in [2.24, 2.45) is 5.92 Å². The van der Waals surface area contributed by atoms with E-state index in [2.05, 4.69) is 19.2 Å². The Morgan fingerprint density at radius 1 is 1.50 bits per heavy atom. The minimum Gasteiger partial charge on any atom is -0.353 e. The van der Waals surface area contributed by atoms with Crippen molar-refractivity contribution in [1.82, 2.24) is 5.32 Å². The summed E-state index contributed by atoms with van der Waals surface area (Å²) in [6.45, 7) is 4.37. The van der Waals surface area contributed by atoms with Gasteiger partial charge < -0.3 is 5.32 Å². The van der Waals surface area contributed by atoms with Gasteiger partial charge in [0.15, 0.2) is 0 Å². The van der Waals surface area contributed by atoms with Gasteiger partial charge in [-0.25, -0.2) is 0 Å². The van der Waals surface area contributed by atoms with Crippen LogP contribution in [-0.2, 0) is 4.79 Å². The van der Waals surface area contributed by atoms with Gasteiger partial charge in [-0.1, -0.05) is 33.1 Å². The minimum absolute atomic E-state index is 0.240. The van der Waals surface area contributed by atoms with Gasteiger partial charge in [0, 0.05) is 12.5 Å². The zero-order chi connectivity index (χ0) is 8.97. The summed E-state index contributed by atoms with van der Waals surface area (Å²) < 4.78 is 0. The Morgan fingerprint density at radius 2 is 2.25 bits per heavy atom. The van der Waals surface area contributed by atoms with Gasteiger partial charge in [0.1, 0.15) is 0 Å². The molecule has 1 amide bonds. The molecular weight excluding hydrogens is 150 g/mol. The third-order valence-electron chi connectivity index (χ3n) is 2.66. The molecule has 70 valence electrons. The summed E-state index contributed by atoms with van der Waals surface area (Å²) in [6.07, 6.45) is 5.71. The first-order valence-electron chi connectivity index (χ1n) is 5.03. The average Bonchev–Trinajstić information content (AvgIpc) is 2.31. The van der Waals surface area contributed by atoms with Crippen molar-refractivity contribution in [3.63, 3.8) is 0 Å². The van der Waals surface area contributed by atoms with Crippen LogP contribution in [0.2, 0.25) is 0 Å². The maximum Gasteiger partial charge on any atom is 0.220 e. The second-order valence-electron chi connectivity index (χ2n) is 3.85. The lowest BCUT2D eigenvalue weighted by atomic mass is 9.98. The molecule has 0 aromatic heterocycles. The van der Waals surface area contributed by atoms with Crippen molar-refractivity contribution in [2.45, 2.75) is 52.0 Å². The maximum absolute atomic E-state index is 11.0. The lowest BCUT2D eigenvalue weighted by molar-refractivity contribution is -0.119. The first-order chi connectivity index (χ1) is 5.74. The molecule has 1 aliphatic rings. The minimum atomic E-state index is 0.240. The standard InChI is InChI=1S/C10H19NO/c1-3-4-5-6-9-8(2)7-10(12)11-9/h8-9H,3-7H2,1-2H3,(H,11,12). The zero-order valence-electron chi connectivity index (χ0n) is 8.10. The van der Waals surface area contributed by atoms with Crippen LogP contribution in [0, 0.1) is 5.92 Å². The van der Waals surface area contributed by atoms with Gasteiger partial charge in [0.05, 0.1) is 0 Å². The molecule has 1 fully saturated rings. The molecule has 1 N–H and O–H groups in total. The van der Waals surface area contributed by atoms with Gasteiger partial charge in [0.25, 0.3) is 0 Å². The summed E-state index contributed by atoms with van der Waals surface area (Å²) in [7, 11) is 0. The molecule has 0 aromatic carbocycles. The molecule has 2 heteroatoms. The van der Waals surface area contributed by atoms with Crippen LogP contribution in [0.25, 0.3) is 0 Å². The second-order valence-corrected chi connectivity index (χ2v) is 3.85. The van der Waals surface area contributed by atoms with Crippen molar-refractivity contribution >= 4 is 5.91 Å². The number of hydrogen-bond acceptors (Lipinski definition) is 1. The summed E-state index contributed by atoms with van der Waals surface area (Å²) in [6, 6.07) is 0.462. The SMILES string of the molecule is CCCCCC1NC(=O)CC1C. The smallest absolute Gasteiger partial charge is 0.220 e. The highest BCUT2D eigenvalue weighted by Gasteiger charge is 2.27. The van der Waals surface area contributed by atoms with E-state index in [0.717, 1.165) is 6.42 Å². The molecule has 1 heterocycles. The number of carbonyl (C=O) groups excluding carboxylic acids is 1. The highest BCUT2D eigenvalue weighted by Crippen LogP contribution is 2.20. The monoisotopic (exact) mass is 169 g/mol. The number of nitrogens with one attached hydrogen (secondary N) is 1. The first kappa shape index (κ1) is 9.56. The van der Waals surface area contributed by atoms with Crippen LogP contribution in [0.1, 0.15) is 46.0 Å². The molecule has 0 radical (unpaired) electrons. The third kappa shape index (κ3) is 2.50. The van der Waals surface area contributed by atoms with Crippen molar-refractivity contribution < 1.29 is 4.79 Å². The van der Waals surface area contributed by atoms with Crippen LogP contribution < -0.4 is 5.32 Å². The van der Waals surface area contributed by atoms with Gasteiger partial charge in [-0.05, 0) is 12.3 Å². The molecule has 0 aromatic rings. The molecule has 1 rings (SSSR count). The molecule has 0 saturated carbocycles. The molecule has 1 aliphatic heterocycles. The lowest BCUT2D eigenvalue weighted by Gasteiger charge is -2.13. The number of hydrogen-bond donors (Lipinski definition) is 1. The van der Waals surface area contributed by atoms with E-state index in [1.807, 2.05) is 0 Å². The van der Waals surface area contributed by atoms with E-state index in [9.17, 15) is 4.79 Å². The molecule has 2 unspecified atom stereocenters. The highest BCUT2D eigenvalue weighted by molar-refractivity contribution is 5.78. The number of carbonyl (C=O) groups is 1. The predicted molar refractivity (Wildman–Crippen MR) is 49.9 cm³/mol. The Kier molecular flexibility index (Phi) is 3.57. The molecule has 12 heavy (non-hydrogen) atoms. The quantitative estimate of drug-likeness (QED) is 0.641. The van der Waals surface area contributed by atoms with Gasteiger partial charge >= 0.3 is 0 Å². The zero-order valence-corrected chi connectivity index (χ0v) is 8.10. The van der Waals surface area contributed by atoms with Crippen molar-refractivity contribution in [3.05, 3.63) is 0 Å². The van der Waals surface area contributed by atoms with E-state index in [0.29, 0.717) is 12.0 Å². The van der Waals surface area contributed by atoms with Crippen LogP contribution in [0.5, 0.6) is 0 Å². The van der Waals surface area contributed by atoms with Crippen LogP contribution >= 0.6 is 0 Å². The fourth-order valence-corrected chi connectivity index (χ4v) is 1.81. The van der Waals surface area contributed by atoms with Crippen molar-refractivity contribution in [1.29, 1.82) is 0 Å². The van der Waals surface area contributed by atoms with E-state index in [1.165, 1.54) is 25.7 Å². The Balaban J connectivity index is 2.19. The highest BCUT2D eigenvalue weighted by atomic mass is 16.1. The largest absolute Gasteiger partial charge is 0.353 e. The third-order valence-corrected chi connectivity index (χ3v) is 2.66. The van der Waals surface area contributed by atoms with E-state index in [4.69, 9.17) is 0 Å². The summed E-state index contributed by atoms with van der Waals surface area (Å²) >= 11 is 0. The van der Waals surface area contributed by atoms with Crippen LogP contribution in [0.3, 0.4) is 0 Å². The summed E-state index contributed by atoms with van der Waals surface area (Å²) in [5, 5.41) is 3.02. The van der Waals surface area contributed by atoms with Crippen LogP contribution in [0.4, 0.5) is 0 Å². The molecular formula is C10H19NO. The van der Waals surface area contributed by atoms with Gasteiger partial charge in [0.2, 0.25) is 5.91 Å².